The third-order valence-corrected chi connectivity index (χ3v) is 3.21. The second-order valence-electron chi connectivity index (χ2n) is 5.00. The van der Waals surface area contributed by atoms with E-state index in [0.717, 1.165) is 5.56 Å². The van der Waals surface area contributed by atoms with E-state index in [1.807, 2.05) is 20.8 Å². The van der Waals surface area contributed by atoms with Gasteiger partial charge in [0.25, 0.3) is 0 Å². The van der Waals surface area contributed by atoms with Gasteiger partial charge in [-0.05, 0) is 44.5 Å². The van der Waals surface area contributed by atoms with Gasteiger partial charge in [0.1, 0.15) is 5.75 Å². The van der Waals surface area contributed by atoms with E-state index < -0.39 is 5.82 Å². The van der Waals surface area contributed by atoms with Gasteiger partial charge in [0, 0.05) is 17.2 Å². The number of halogens is 2. The zero-order valence-electron chi connectivity index (χ0n) is 12.1. The van der Waals surface area contributed by atoms with Crippen LogP contribution in [0.25, 0.3) is 0 Å². The summed E-state index contributed by atoms with van der Waals surface area (Å²) < 4.78 is 24.9. The Hall–Kier alpha value is -1.94. The molecule has 0 aromatic heterocycles. The molecule has 0 saturated heterocycles. The van der Waals surface area contributed by atoms with Gasteiger partial charge in [-0.3, -0.25) is 0 Å². The summed E-state index contributed by atoms with van der Waals surface area (Å²) in [5.41, 5.74) is 6.88. The Morgan fingerprint density at radius 3 is 2.48 bits per heavy atom. The van der Waals surface area contributed by atoms with Gasteiger partial charge in [0.05, 0.1) is 11.8 Å². The second-order valence-corrected chi connectivity index (χ2v) is 5.41. The van der Waals surface area contributed by atoms with Crippen LogP contribution in [0.4, 0.5) is 10.1 Å². The molecule has 0 aliphatic carbocycles. The smallest absolute Gasteiger partial charge is 0.167 e. The number of nitrogen functional groups attached to an aromatic ring is 1. The summed E-state index contributed by atoms with van der Waals surface area (Å²) in [7, 11) is 0. The molecule has 112 valence electrons. The predicted molar refractivity (Wildman–Crippen MR) is 82.8 cm³/mol. The topological polar surface area (TPSA) is 44.5 Å². The third-order valence-electron chi connectivity index (χ3n) is 2.78. The Labute approximate surface area is 128 Å². The van der Waals surface area contributed by atoms with Crippen molar-refractivity contribution in [2.75, 3.05) is 5.73 Å². The summed E-state index contributed by atoms with van der Waals surface area (Å²) >= 11 is 5.97. The molecular weight excluding hydrogens is 293 g/mol. The molecule has 2 rings (SSSR count). The molecule has 5 heteroatoms. The first-order chi connectivity index (χ1) is 9.86. The number of hydrogen-bond donors (Lipinski definition) is 1. The van der Waals surface area contributed by atoms with Gasteiger partial charge in [0.15, 0.2) is 17.3 Å². The molecule has 0 heterocycles. The average molecular weight is 310 g/mol. The van der Waals surface area contributed by atoms with Crippen molar-refractivity contribution in [2.24, 2.45) is 0 Å². The van der Waals surface area contributed by atoms with Crippen molar-refractivity contribution in [3.8, 4) is 17.2 Å². The zero-order valence-corrected chi connectivity index (χ0v) is 12.9. The molecule has 0 radical (unpaired) electrons. The number of ether oxygens (including phenoxy) is 2. The van der Waals surface area contributed by atoms with Gasteiger partial charge in [0.2, 0.25) is 0 Å². The quantitative estimate of drug-likeness (QED) is 0.813. The highest BCUT2D eigenvalue weighted by Crippen LogP contribution is 2.34. The van der Waals surface area contributed by atoms with E-state index in [2.05, 4.69) is 0 Å². The lowest BCUT2D eigenvalue weighted by Crippen LogP contribution is -2.07. The van der Waals surface area contributed by atoms with Crippen molar-refractivity contribution in [2.45, 2.75) is 26.9 Å². The van der Waals surface area contributed by atoms with Crippen LogP contribution in [0.2, 0.25) is 5.02 Å². The lowest BCUT2D eigenvalue weighted by Gasteiger charge is -2.14. The fourth-order valence-corrected chi connectivity index (χ4v) is 1.91. The van der Waals surface area contributed by atoms with E-state index in [0.29, 0.717) is 16.5 Å². The minimum atomic E-state index is -0.513. The van der Waals surface area contributed by atoms with Crippen LogP contribution in [-0.2, 0) is 0 Å². The number of benzene rings is 2. The van der Waals surface area contributed by atoms with Crippen LogP contribution in [0.3, 0.4) is 0 Å². The number of hydrogen-bond acceptors (Lipinski definition) is 3. The summed E-state index contributed by atoms with van der Waals surface area (Å²) in [4.78, 5) is 0. The largest absolute Gasteiger partial charge is 0.488 e. The minimum absolute atomic E-state index is 0.111. The molecule has 0 atom stereocenters. The fraction of sp³-hybridized carbons (Fsp3) is 0.250. The minimum Gasteiger partial charge on any atom is -0.488 e. The lowest BCUT2D eigenvalue weighted by molar-refractivity contribution is 0.230. The predicted octanol–water partition coefficient (Wildman–Crippen LogP) is 4.95. The van der Waals surface area contributed by atoms with Crippen molar-refractivity contribution < 1.29 is 13.9 Å². The first-order valence-corrected chi connectivity index (χ1v) is 6.94. The van der Waals surface area contributed by atoms with Crippen molar-refractivity contribution in [1.29, 1.82) is 0 Å². The van der Waals surface area contributed by atoms with Crippen LogP contribution in [0.5, 0.6) is 17.2 Å². The molecule has 0 spiro atoms. The average Bonchev–Trinajstić information content (AvgIpc) is 2.39. The van der Waals surface area contributed by atoms with Crippen LogP contribution in [0, 0.1) is 12.7 Å². The first-order valence-electron chi connectivity index (χ1n) is 6.56. The first kappa shape index (κ1) is 15.4. The molecule has 0 aliphatic heterocycles. The molecule has 0 fully saturated rings. The van der Waals surface area contributed by atoms with E-state index in [-0.39, 0.29) is 17.5 Å². The summed E-state index contributed by atoms with van der Waals surface area (Å²) in [6, 6.07) is 7.89. The highest BCUT2D eigenvalue weighted by atomic mass is 35.5. The van der Waals surface area contributed by atoms with E-state index in [1.54, 1.807) is 18.2 Å². The van der Waals surface area contributed by atoms with Gasteiger partial charge < -0.3 is 15.2 Å². The van der Waals surface area contributed by atoms with Gasteiger partial charge in [-0.2, -0.15) is 0 Å². The van der Waals surface area contributed by atoms with E-state index >= 15 is 0 Å². The SMILES string of the molecule is Cc1cc(Oc2cc(OC(C)C)c(F)cc2N)ccc1Cl. The van der Waals surface area contributed by atoms with Gasteiger partial charge in [-0.1, -0.05) is 11.6 Å². The van der Waals surface area contributed by atoms with Crippen LogP contribution >= 0.6 is 11.6 Å². The summed E-state index contributed by atoms with van der Waals surface area (Å²) in [5, 5.41) is 0.651. The Morgan fingerprint density at radius 1 is 1.14 bits per heavy atom. The Balaban J connectivity index is 2.32. The molecule has 0 bridgehead atoms. The molecule has 0 saturated carbocycles. The monoisotopic (exact) mass is 309 g/mol. The van der Waals surface area contributed by atoms with Crippen LogP contribution < -0.4 is 15.2 Å². The number of aryl methyl sites for hydroxylation is 1. The van der Waals surface area contributed by atoms with Crippen molar-refractivity contribution in [1.82, 2.24) is 0 Å². The maximum absolute atomic E-state index is 13.8. The Kier molecular flexibility index (Phi) is 4.58. The molecule has 2 aromatic rings. The standard InChI is InChI=1S/C16H17ClFNO2/c1-9(2)20-15-8-16(14(19)7-13(15)18)21-11-4-5-12(17)10(3)6-11/h4-9H,19H2,1-3H3. The van der Waals surface area contributed by atoms with E-state index in [9.17, 15) is 4.39 Å². The molecule has 0 aliphatic rings. The molecule has 2 aromatic carbocycles. The van der Waals surface area contributed by atoms with Crippen molar-refractivity contribution >= 4 is 17.3 Å². The van der Waals surface area contributed by atoms with Crippen LogP contribution in [-0.4, -0.2) is 6.10 Å². The number of rotatable bonds is 4. The third kappa shape index (κ3) is 3.79. The highest BCUT2D eigenvalue weighted by molar-refractivity contribution is 6.31. The molecule has 0 unspecified atom stereocenters. The molecule has 21 heavy (non-hydrogen) atoms. The molecular formula is C16H17ClFNO2. The molecule has 0 amide bonds. The van der Waals surface area contributed by atoms with Gasteiger partial charge in [-0.15, -0.1) is 0 Å². The van der Waals surface area contributed by atoms with Gasteiger partial charge >= 0.3 is 0 Å². The molecule has 3 nitrogen and oxygen atoms in total. The highest BCUT2D eigenvalue weighted by Gasteiger charge is 2.12. The lowest BCUT2D eigenvalue weighted by atomic mass is 10.2. The van der Waals surface area contributed by atoms with Crippen molar-refractivity contribution in [3.63, 3.8) is 0 Å². The van der Waals surface area contributed by atoms with Crippen molar-refractivity contribution in [3.05, 3.63) is 46.7 Å². The van der Waals surface area contributed by atoms with Crippen LogP contribution in [0.1, 0.15) is 19.4 Å². The summed E-state index contributed by atoms with van der Waals surface area (Å²) in [6.45, 7) is 5.51. The number of anilines is 1. The maximum atomic E-state index is 13.8. The fourth-order valence-electron chi connectivity index (χ4n) is 1.79. The van der Waals surface area contributed by atoms with E-state index in [4.69, 9.17) is 26.8 Å². The van der Waals surface area contributed by atoms with Crippen LogP contribution in [0.15, 0.2) is 30.3 Å². The maximum Gasteiger partial charge on any atom is 0.167 e. The summed E-state index contributed by atoms with van der Waals surface area (Å²) in [5.74, 6) is 0.514. The second kappa shape index (κ2) is 6.22. The normalized spacial score (nSPS) is 10.8. The molecule has 2 N–H and O–H groups in total. The zero-order chi connectivity index (χ0) is 15.6. The number of nitrogens with two attached hydrogens (primary N) is 1. The Bertz CT molecular complexity index is 659. The summed E-state index contributed by atoms with van der Waals surface area (Å²) in [6.07, 6.45) is -0.145. The van der Waals surface area contributed by atoms with E-state index in [1.165, 1.54) is 12.1 Å². The van der Waals surface area contributed by atoms with Gasteiger partial charge in [-0.25, -0.2) is 4.39 Å². The Morgan fingerprint density at radius 2 is 1.86 bits per heavy atom.